The molecule has 0 radical (unpaired) electrons. The standard InChI is InChI=1S/C42H63N5O12/c1-10-34-42(5)33(47(39(51)59-42)19-12-11-18-46-24-30(44-25-46)28-14-13-17-43-23-28)21-29(48)15-16-41(4,54-9)35(22-32(49)27(3)37(50)56-34)57-38-36(58-40(52)53-8)31(45(6)7)20-26(2)55-38/h13-14,17,23-27,31-36,38,49H,10-12,15-16,18-22H2,1-9H3/t26-,27-,31+,32+,33-,34-,35-,36-,38+,41-,42+/m1/s1. The number of aliphatic hydroxyl groups excluding tert-OH is 1. The largest absolute Gasteiger partial charge is 0.508 e. The molecule has 1 amide bonds. The van der Waals surface area contributed by atoms with Gasteiger partial charge in [-0.15, -0.1) is 0 Å². The van der Waals surface area contributed by atoms with Crippen LogP contribution in [0.4, 0.5) is 9.59 Å². The van der Waals surface area contributed by atoms with Gasteiger partial charge in [0.1, 0.15) is 11.9 Å². The molecular formula is C42H63N5O12. The highest BCUT2D eigenvalue weighted by Crippen LogP contribution is 2.40. The number of ether oxygens (including phenoxy) is 7. The number of likely N-dealkylation sites (N-methyl/N-ethyl adjacent to an activating group) is 1. The third-order valence-corrected chi connectivity index (χ3v) is 12.3. The Morgan fingerprint density at radius 3 is 2.51 bits per heavy atom. The Morgan fingerprint density at radius 1 is 1.10 bits per heavy atom. The monoisotopic (exact) mass is 829 g/mol. The zero-order valence-corrected chi connectivity index (χ0v) is 35.9. The topological polar surface area (TPSA) is 190 Å². The van der Waals surface area contributed by atoms with Gasteiger partial charge in [-0.2, -0.15) is 0 Å². The maximum atomic E-state index is 14.1. The quantitative estimate of drug-likeness (QED) is 0.175. The summed E-state index contributed by atoms with van der Waals surface area (Å²) in [6.45, 7) is 9.71. The molecule has 3 aliphatic heterocycles. The Bertz CT molecular complexity index is 1730. The number of nitrogens with zero attached hydrogens (tertiary/aromatic N) is 5. The lowest BCUT2D eigenvalue weighted by atomic mass is 9.82. The fourth-order valence-corrected chi connectivity index (χ4v) is 8.38. The molecule has 11 atom stereocenters. The van der Waals surface area contributed by atoms with Gasteiger partial charge in [-0.1, -0.05) is 6.92 Å². The molecule has 17 nitrogen and oxygen atoms in total. The number of ketones is 1. The first-order valence-electron chi connectivity index (χ1n) is 20.6. The summed E-state index contributed by atoms with van der Waals surface area (Å²) in [5.74, 6) is -1.91. The average Bonchev–Trinajstić information content (AvgIpc) is 3.78. The van der Waals surface area contributed by atoms with E-state index in [1.807, 2.05) is 55.7 Å². The number of fused-ring (bicyclic) bond motifs is 1. The number of imidazole rings is 1. The molecule has 0 aliphatic carbocycles. The number of amides is 1. The highest BCUT2D eigenvalue weighted by atomic mass is 16.8. The molecule has 2 aromatic rings. The summed E-state index contributed by atoms with van der Waals surface area (Å²) >= 11 is 0. The van der Waals surface area contributed by atoms with Crippen molar-refractivity contribution >= 4 is 24.0 Å². The van der Waals surface area contributed by atoms with Crippen LogP contribution in [0.15, 0.2) is 37.1 Å². The molecule has 3 aliphatic rings. The van der Waals surface area contributed by atoms with Gasteiger partial charge in [0.05, 0.1) is 61.0 Å². The fraction of sp³-hybridized carbons (Fsp3) is 0.714. The lowest BCUT2D eigenvalue weighted by Gasteiger charge is -2.46. The van der Waals surface area contributed by atoms with Crippen LogP contribution >= 0.6 is 0 Å². The third kappa shape index (κ3) is 10.8. The third-order valence-electron chi connectivity index (χ3n) is 12.3. The summed E-state index contributed by atoms with van der Waals surface area (Å²) in [6.07, 6.45) is 2.30. The number of hydrogen-bond acceptors (Lipinski definition) is 15. The molecule has 5 heterocycles. The van der Waals surface area contributed by atoms with Gasteiger partial charge in [-0.05, 0) is 86.0 Å². The van der Waals surface area contributed by atoms with Crippen molar-refractivity contribution in [2.24, 2.45) is 5.92 Å². The summed E-state index contributed by atoms with van der Waals surface area (Å²) in [5.41, 5.74) is -0.833. The van der Waals surface area contributed by atoms with E-state index in [0.29, 0.717) is 32.4 Å². The second kappa shape index (κ2) is 19.9. The molecule has 3 fully saturated rings. The number of esters is 1. The lowest BCUT2D eigenvalue weighted by Crippen LogP contribution is -2.59. The number of pyridine rings is 1. The minimum atomic E-state index is -1.35. The molecule has 0 aromatic carbocycles. The number of carbonyl (C=O) groups excluding carboxylic acids is 4. The molecule has 0 saturated carbocycles. The summed E-state index contributed by atoms with van der Waals surface area (Å²) < 4.78 is 43.7. The van der Waals surface area contributed by atoms with Crippen molar-refractivity contribution in [2.45, 2.75) is 153 Å². The molecule has 2 aromatic heterocycles. The predicted molar refractivity (Wildman–Crippen MR) is 213 cm³/mol. The molecule has 17 heteroatoms. The van der Waals surface area contributed by atoms with Crippen LogP contribution in [0, 0.1) is 5.92 Å². The number of aryl methyl sites for hydroxylation is 1. The van der Waals surface area contributed by atoms with Crippen molar-refractivity contribution in [1.29, 1.82) is 0 Å². The first-order chi connectivity index (χ1) is 28.0. The first-order valence-corrected chi connectivity index (χ1v) is 20.6. The van der Waals surface area contributed by atoms with Crippen molar-refractivity contribution < 1.29 is 57.4 Å². The van der Waals surface area contributed by atoms with E-state index in [9.17, 15) is 24.3 Å². The minimum Gasteiger partial charge on any atom is -0.458 e. The van der Waals surface area contributed by atoms with E-state index in [1.165, 1.54) is 14.2 Å². The van der Waals surface area contributed by atoms with Gasteiger partial charge in [0.15, 0.2) is 18.0 Å². The van der Waals surface area contributed by atoms with Crippen LogP contribution in [0.2, 0.25) is 0 Å². The first kappa shape index (κ1) is 45.9. The van der Waals surface area contributed by atoms with E-state index < -0.39 is 72.1 Å². The van der Waals surface area contributed by atoms with Crippen LogP contribution in [-0.4, -0.2) is 148 Å². The maximum Gasteiger partial charge on any atom is 0.508 e. The number of carbonyl (C=O) groups is 4. The highest BCUT2D eigenvalue weighted by Gasteiger charge is 2.57. The number of aliphatic hydroxyl groups is 1. The molecule has 0 unspecified atom stereocenters. The number of hydrogen-bond donors (Lipinski definition) is 1. The number of aromatic nitrogens is 3. The Balaban J connectivity index is 1.37. The Labute approximate surface area is 346 Å². The average molecular weight is 830 g/mol. The second-order valence-electron chi connectivity index (χ2n) is 16.6. The van der Waals surface area contributed by atoms with Gasteiger partial charge >= 0.3 is 18.2 Å². The van der Waals surface area contributed by atoms with Gasteiger partial charge in [0.2, 0.25) is 0 Å². The number of Topliss-reactive ketones (excluding diaryl/α,β-unsaturated/α-hetero) is 1. The number of rotatable bonds is 12. The Kier molecular flexibility index (Phi) is 15.5. The zero-order chi connectivity index (χ0) is 43.1. The summed E-state index contributed by atoms with van der Waals surface area (Å²) in [6, 6.07) is 2.75. The molecule has 328 valence electrons. The van der Waals surface area contributed by atoms with E-state index in [0.717, 1.165) is 11.3 Å². The van der Waals surface area contributed by atoms with E-state index in [-0.39, 0.29) is 50.0 Å². The van der Waals surface area contributed by atoms with E-state index in [4.69, 9.17) is 33.2 Å². The fourth-order valence-electron chi connectivity index (χ4n) is 8.38. The van der Waals surface area contributed by atoms with Gasteiger partial charge < -0.3 is 52.6 Å². The summed E-state index contributed by atoms with van der Waals surface area (Å²) in [4.78, 5) is 66.2. The molecule has 0 bridgehead atoms. The van der Waals surface area contributed by atoms with Gasteiger partial charge in [0, 0.05) is 63.6 Å². The van der Waals surface area contributed by atoms with Gasteiger partial charge in [-0.3, -0.25) is 14.6 Å². The molecular weight excluding hydrogens is 766 g/mol. The van der Waals surface area contributed by atoms with Gasteiger partial charge in [-0.25, -0.2) is 14.6 Å². The van der Waals surface area contributed by atoms with Crippen molar-refractivity contribution in [3.63, 3.8) is 0 Å². The van der Waals surface area contributed by atoms with Gasteiger partial charge in [0.25, 0.3) is 0 Å². The van der Waals surface area contributed by atoms with E-state index in [2.05, 4.69) is 9.97 Å². The predicted octanol–water partition coefficient (Wildman–Crippen LogP) is 4.77. The SMILES string of the molecule is CC[C@H]1OC(=O)[C@H](C)[C@@H](O)C[C@@H](O[C@@H]2O[C@H](C)C[C@H](N(C)C)[C@H]2OC(=O)OC)[C@](C)(OC)CCC(=O)C[C@H]2N(CCCCn3cnc(-c4cccnc4)c3)C(=O)O[C@]12C. The molecule has 3 saturated heterocycles. The Morgan fingerprint density at radius 2 is 1.85 bits per heavy atom. The summed E-state index contributed by atoms with van der Waals surface area (Å²) in [5, 5.41) is 11.7. The smallest absolute Gasteiger partial charge is 0.458 e. The maximum absolute atomic E-state index is 14.1. The molecule has 0 spiro atoms. The number of unbranched alkanes of at least 4 members (excludes halogenated alkanes) is 1. The lowest BCUT2D eigenvalue weighted by molar-refractivity contribution is -0.293. The zero-order valence-electron chi connectivity index (χ0n) is 35.9. The van der Waals surface area contributed by atoms with Crippen molar-refractivity contribution in [3.05, 3.63) is 37.1 Å². The van der Waals surface area contributed by atoms with Crippen molar-refractivity contribution in [2.75, 3.05) is 34.9 Å². The highest BCUT2D eigenvalue weighted by molar-refractivity contribution is 5.81. The molecule has 5 rings (SSSR count). The van der Waals surface area contributed by atoms with Crippen molar-refractivity contribution in [3.8, 4) is 11.3 Å². The molecule has 59 heavy (non-hydrogen) atoms. The van der Waals surface area contributed by atoms with E-state index >= 15 is 0 Å². The number of cyclic esters (lactones) is 1. The van der Waals surface area contributed by atoms with Crippen LogP contribution in [0.5, 0.6) is 0 Å². The summed E-state index contributed by atoms with van der Waals surface area (Å²) in [7, 11) is 6.42. The van der Waals surface area contributed by atoms with Crippen molar-refractivity contribution in [1.82, 2.24) is 24.3 Å². The van der Waals surface area contributed by atoms with Crippen LogP contribution in [-0.2, 0) is 49.3 Å². The van der Waals surface area contributed by atoms with Crippen LogP contribution in [0.1, 0.15) is 86.0 Å². The second-order valence-corrected chi connectivity index (χ2v) is 16.6. The molecule has 1 N–H and O–H groups in total. The number of methoxy groups -OCH3 is 2. The van der Waals surface area contributed by atoms with Crippen LogP contribution in [0.3, 0.4) is 0 Å². The minimum absolute atomic E-state index is 0.0330. The normalized spacial score (nSPS) is 33.5. The van der Waals surface area contributed by atoms with Crippen LogP contribution < -0.4 is 0 Å². The van der Waals surface area contributed by atoms with Crippen LogP contribution in [0.25, 0.3) is 11.3 Å². The van der Waals surface area contributed by atoms with E-state index in [1.54, 1.807) is 44.4 Å². The Hall–Kier alpha value is -4.16.